The minimum Gasteiger partial charge on any atom is -0.488 e. The standard InChI is InChI=1S/C14H11Cl3N2O2/c15-9-4-5-10(16)8(6-9)7-21-12-3-1-2-11(17)13(12)14(18)19-20/h1-6,20H,7H2,(H2,18,19). The van der Waals surface area contributed by atoms with Crippen molar-refractivity contribution >= 4 is 40.6 Å². The Labute approximate surface area is 136 Å². The summed E-state index contributed by atoms with van der Waals surface area (Å²) in [7, 11) is 0. The van der Waals surface area contributed by atoms with Crippen molar-refractivity contribution in [1.29, 1.82) is 0 Å². The molecule has 0 amide bonds. The molecule has 3 N–H and O–H groups in total. The Bertz CT molecular complexity index is 690. The van der Waals surface area contributed by atoms with Crippen molar-refractivity contribution < 1.29 is 9.94 Å². The molecule has 0 fully saturated rings. The van der Waals surface area contributed by atoms with Gasteiger partial charge in [-0.05, 0) is 30.3 Å². The van der Waals surface area contributed by atoms with Gasteiger partial charge in [0.1, 0.15) is 12.4 Å². The third-order valence-corrected chi connectivity index (χ3v) is 3.65. The zero-order valence-corrected chi connectivity index (χ0v) is 13.0. The molecule has 0 aromatic heterocycles. The number of hydrogen-bond acceptors (Lipinski definition) is 3. The number of amidine groups is 1. The molecule has 0 bridgehead atoms. The van der Waals surface area contributed by atoms with Gasteiger partial charge in [0, 0.05) is 15.6 Å². The molecule has 0 spiro atoms. The monoisotopic (exact) mass is 344 g/mol. The summed E-state index contributed by atoms with van der Waals surface area (Å²) in [5.74, 6) is 0.252. The largest absolute Gasteiger partial charge is 0.488 e. The van der Waals surface area contributed by atoms with Gasteiger partial charge < -0.3 is 15.7 Å². The SMILES string of the molecule is N/C(=N/O)c1c(Cl)cccc1OCc1cc(Cl)ccc1Cl. The molecule has 0 unspecified atom stereocenters. The molecule has 0 aliphatic heterocycles. The predicted molar refractivity (Wildman–Crippen MR) is 84.8 cm³/mol. The normalized spacial score (nSPS) is 11.5. The van der Waals surface area contributed by atoms with Gasteiger partial charge in [0.25, 0.3) is 0 Å². The van der Waals surface area contributed by atoms with Crippen LogP contribution in [0.25, 0.3) is 0 Å². The van der Waals surface area contributed by atoms with Crippen LogP contribution < -0.4 is 10.5 Å². The van der Waals surface area contributed by atoms with Gasteiger partial charge in [-0.15, -0.1) is 0 Å². The number of benzene rings is 2. The van der Waals surface area contributed by atoms with E-state index in [4.69, 9.17) is 50.5 Å². The van der Waals surface area contributed by atoms with Crippen molar-refractivity contribution in [3.8, 4) is 5.75 Å². The van der Waals surface area contributed by atoms with E-state index in [0.717, 1.165) is 5.56 Å². The average molecular weight is 346 g/mol. The van der Waals surface area contributed by atoms with Crippen molar-refractivity contribution in [2.45, 2.75) is 6.61 Å². The summed E-state index contributed by atoms with van der Waals surface area (Å²) in [6.45, 7) is 0.172. The Morgan fingerprint density at radius 1 is 1.14 bits per heavy atom. The quantitative estimate of drug-likeness (QED) is 0.375. The number of ether oxygens (including phenoxy) is 1. The molecule has 0 aliphatic rings. The third-order valence-electron chi connectivity index (χ3n) is 2.73. The van der Waals surface area contributed by atoms with E-state index in [-0.39, 0.29) is 12.4 Å². The summed E-state index contributed by atoms with van der Waals surface area (Å²) in [4.78, 5) is 0. The lowest BCUT2D eigenvalue weighted by Crippen LogP contribution is -2.15. The molecule has 2 rings (SSSR count). The summed E-state index contributed by atoms with van der Waals surface area (Å²) in [6.07, 6.45) is 0. The van der Waals surface area contributed by atoms with Crippen LogP contribution >= 0.6 is 34.8 Å². The van der Waals surface area contributed by atoms with Gasteiger partial charge in [0.05, 0.1) is 10.6 Å². The third kappa shape index (κ3) is 3.73. The maximum absolute atomic E-state index is 8.81. The molecule has 0 heterocycles. The number of nitrogens with zero attached hydrogens (tertiary/aromatic N) is 1. The predicted octanol–water partition coefficient (Wildman–Crippen LogP) is 4.32. The number of nitrogens with two attached hydrogens (primary N) is 1. The van der Waals surface area contributed by atoms with Crippen LogP contribution in [0, 0.1) is 0 Å². The summed E-state index contributed by atoms with van der Waals surface area (Å²) in [5, 5.41) is 13.2. The second-order valence-corrected chi connectivity index (χ2v) is 5.37. The Morgan fingerprint density at radius 2 is 1.90 bits per heavy atom. The van der Waals surface area contributed by atoms with Crippen LogP contribution in [0.1, 0.15) is 11.1 Å². The summed E-state index contributed by atoms with van der Waals surface area (Å²) >= 11 is 18.0. The zero-order chi connectivity index (χ0) is 15.4. The molecule has 21 heavy (non-hydrogen) atoms. The summed E-state index contributed by atoms with van der Waals surface area (Å²) in [6, 6.07) is 10.1. The molecule has 0 saturated heterocycles. The highest BCUT2D eigenvalue weighted by molar-refractivity contribution is 6.34. The van der Waals surface area contributed by atoms with E-state index in [1.165, 1.54) is 0 Å². The molecule has 4 nitrogen and oxygen atoms in total. The van der Waals surface area contributed by atoms with Crippen LogP contribution in [0.5, 0.6) is 5.75 Å². The summed E-state index contributed by atoms with van der Waals surface area (Å²) in [5.41, 5.74) is 6.64. The van der Waals surface area contributed by atoms with Crippen LogP contribution in [0.4, 0.5) is 0 Å². The first-order chi connectivity index (χ1) is 10.0. The fourth-order valence-electron chi connectivity index (χ4n) is 1.73. The highest BCUT2D eigenvalue weighted by Gasteiger charge is 2.13. The molecule has 2 aromatic rings. The van der Waals surface area contributed by atoms with E-state index in [0.29, 0.717) is 26.4 Å². The van der Waals surface area contributed by atoms with Crippen LogP contribution in [-0.2, 0) is 6.61 Å². The van der Waals surface area contributed by atoms with E-state index in [9.17, 15) is 0 Å². The maximum Gasteiger partial charge on any atom is 0.175 e. The lowest BCUT2D eigenvalue weighted by molar-refractivity contribution is 0.303. The summed E-state index contributed by atoms with van der Waals surface area (Å²) < 4.78 is 5.66. The first-order valence-corrected chi connectivity index (χ1v) is 6.99. The second kappa shape index (κ2) is 6.89. The van der Waals surface area contributed by atoms with E-state index < -0.39 is 0 Å². The van der Waals surface area contributed by atoms with Gasteiger partial charge in [-0.2, -0.15) is 0 Å². The van der Waals surface area contributed by atoms with Gasteiger partial charge in [0.2, 0.25) is 0 Å². The smallest absolute Gasteiger partial charge is 0.175 e. The van der Waals surface area contributed by atoms with E-state index in [1.54, 1.807) is 36.4 Å². The van der Waals surface area contributed by atoms with E-state index in [2.05, 4.69) is 5.16 Å². The van der Waals surface area contributed by atoms with Crippen molar-refractivity contribution in [3.63, 3.8) is 0 Å². The molecule has 0 atom stereocenters. The van der Waals surface area contributed by atoms with Crippen molar-refractivity contribution in [2.75, 3.05) is 0 Å². The van der Waals surface area contributed by atoms with Gasteiger partial charge in [0.15, 0.2) is 5.84 Å². The van der Waals surface area contributed by atoms with Crippen LogP contribution in [0.15, 0.2) is 41.6 Å². The molecule has 0 radical (unpaired) electrons. The van der Waals surface area contributed by atoms with Crippen molar-refractivity contribution in [1.82, 2.24) is 0 Å². The van der Waals surface area contributed by atoms with E-state index >= 15 is 0 Å². The van der Waals surface area contributed by atoms with Crippen LogP contribution in [0.3, 0.4) is 0 Å². The molecule has 7 heteroatoms. The highest BCUT2D eigenvalue weighted by atomic mass is 35.5. The van der Waals surface area contributed by atoms with Gasteiger partial charge in [-0.25, -0.2) is 0 Å². The molecule has 110 valence electrons. The molecular weight excluding hydrogens is 335 g/mol. The number of oxime groups is 1. The first kappa shape index (κ1) is 15.8. The first-order valence-electron chi connectivity index (χ1n) is 5.86. The van der Waals surface area contributed by atoms with Crippen LogP contribution in [-0.4, -0.2) is 11.0 Å². The number of rotatable bonds is 4. The lowest BCUT2D eigenvalue weighted by atomic mass is 10.2. The van der Waals surface area contributed by atoms with E-state index in [1.807, 2.05) is 0 Å². The topological polar surface area (TPSA) is 67.8 Å². The minimum atomic E-state index is -0.132. The fraction of sp³-hybridized carbons (Fsp3) is 0.0714. The van der Waals surface area contributed by atoms with Crippen LogP contribution in [0.2, 0.25) is 15.1 Å². The van der Waals surface area contributed by atoms with Gasteiger partial charge in [-0.3, -0.25) is 0 Å². The molecular formula is C14H11Cl3N2O2. The number of halogens is 3. The van der Waals surface area contributed by atoms with Crippen molar-refractivity contribution in [3.05, 3.63) is 62.6 Å². The Morgan fingerprint density at radius 3 is 2.62 bits per heavy atom. The second-order valence-electron chi connectivity index (χ2n) is 4.12. The Hall–Kier alpha value is -1.62. The lowest BCUT2D eigenvalue weighted by Gasteiger charge is -2.13. The fourth-order valence-corrected chi connectivity index (χ4v) is 2.36. The average Bonchev–Trinajstić information content (AvgIpc) is 2.47. The maximum atomic E-state index is 8.81. The van der Waals surface area contributed by atoms with Gasteiger partial charge in [-0.1, -0.05) is 46.0 Å². The molecule has 0 aliphatic carbocycles. The highest BCUT2D eigenvalue weighted by Crippen LogP contribution is 2.28. The van der Waals surface area contributed by atoms with Crippen molar-refractivity contribution in [2.24, 2.45) is 10.9 Å². The Balaban J connectivity index is 2.28. The molecule has 0 saturated carbocycles. The zero-order valence-electron chi connectivity index (χ0n) is 10.7. The number of hydrogen-bond donors (Lipinski definition) is 2. The Kier molecular flexibility index (Phi) is 5.17. The van der Waals surface area contributed by atoms with Gasteiger partial charge >= 0.3 is 0 Å². The molecule has 2 aromatic carbocycles. The minimum absolute atomic E-state index is 0.132.